The van der Waals surface area contributed by atoms with Gasteiger partial charge in [-0.25, -0.2) is 0 Å². The molecule has 4 rings (SSSR count). The number of hydrogen-bond donors (Lipinski definition) is 2. The second-order valence-electron chi connectivity index (χ2n) is 7.16. The van der Waals surface area contributed by atoms with Crippen molar-refractivity contribution in [2.45, 2.75) is 19.9 Å². The summed E-state index contributed by atoms with van der Waals surface area (Å²) in [7, 11) is 0. The monoisotopic (exact) mass is 397 g/mol. The quantitative estimate of drug-likeness (QED) is 0.464. The summed E-state index contributed by atoms with van der Waals surface area (Å²) in [4.78, 5) is 23.7. The second-order valence-corrected chi connectivity index (χ2v) is 7.16. The first-order chi connectivity index (χ1) is 14.6. The van der Waals surface area contributed by atoms with Gasteiger partial charge in [-0.2, -0.15) is 0 Å². The van der Waals surface area contributed by atoms with Crippen molar-refractivity contribution in [1.29, 1.82) is 0 Å². The lowest BCUT2D eigenvalue weighted by Gasteiger charge is -2.12. The molecule has 0 unspecified atom stereocenters. The Kier molecular flexibility index (Phi) is 5.61. The van der Waals surface area contributed by atoms with Crippen LogP contribution in [-0.4, -0.2) is 16.4 Å². The summed E-state index contributed by atoms with van der Waals surface area (Å²) >= 11 is 0. The van der Waals surface area contributed by atoms with Crippen LogP contribution in [0.15, 0.2) is 84.9 Å². The number of hydrogen-bond acceptors (Lipinski definition) is 2. The van der Waals surface area contributed by atoms with Crippen LogP contribution in [0.3, 0.4) is 0 Å². The van der Waals surface area contributed by atoms with E-state index >= 15 is 0 Å². The number of aromatic nitrogens is 1. The Morgan fingerprint density at radius 2 is 1.43 bits per heavy atom. The molecule has 0 bridgehead atoms. The molecule has 150 valence electrons. The fourth-order valence-corrected chi connectivity index (χ4v) is 3.58. The Morgan fingerprint density at radius 1 is 0.800 bits per heavy atom. The van der Waals surface area contributed by atoms with Gasteiger partial charge in [-0.15, -0.1) is 0 Å². The summed E-state index contributed by atoms with van der Waals surface area (Å²) < 4.78 is 2.20. The molecule has 0 fully saturated rings. The highest BCUT2D eigenvalue weighted by Crippen LogP contribution is 2.28. The largest absolute Gasteiger partial charge is 0.340 e. The summed E-state index contributed by atoms with van der Waals surface area (Å²) in [5.41, 5.74) is 4.75. The zero-order chi connectivity index (χ0) is 20.9. The molecule has 0 radical (unpaired) electrons. The maximum Gasteiger partial charge on any atom is 0.226 e. The number of carbonyl (C=O) groups is 2. The van der Waals surface area contributed by atoms with E-state index in [1.54, 1.807) is 24.3 Å². The highest BCUT2D eigenvalue weighted by molar-refractivity contribution is 5.92. The van der Waals surface area contributed by atoms with Gasteiger partial charge in [-0.05, 0) is 42.0 Å². The van der Waals surface area contributed by atoms with E-state index in [1.807, 2.05) is 30.3 Å². The van der Waals surface area contributed by atoms with Crippen LogP contribution < -0.4 is 10.6 Å². The van der Waals surface area contributed by atoms with Gasteiger partial charge in [0.25, 0.3) is 0 Å². The highest BCUT2D eigenvalue weighted by atomic mass is 16.2. The molecule has 0 atom stereocenters. The van der Waals surface area contributed by atoms with Crippen LogP contribution in [0.1, 0.15) is 13.3 Å². The molecule has 0 aliphatic rings. The number of amides is 2. The molecule has 0 aliphatic carbocycles. The van der Waals surface area contributed by atoms with Crippen molar-refractivity contribution >= 4 is 34.1 Å². The third-order valence-electron chi connectivity index (χ3n) is 4.93. The lowest BCUT2D eigenvalue weighted by Crippen LogP contribution is -2.15. The maximum absolute atomic E-state index is 12.6. The van der Waals surface area contributed by atoms with Gasteiger partial charge in [-0.3, -0.25) is 9.59 Å². The molecule has 5 nitrogen and oxygen atoms in total. The van der Waals surface area contributed by atoms with Crippen molar-refractivity contribution in [3.05, 3.63) is 84.9 Å². The maximum atomic E-state index is 12.6. The number of anilines is 2. The predicted molar refractivity (Wildman–Crippen MR) is 121 cm³/mol. The molecule has 5 heteroatoms. The van der Waals surface area contributed by atoms with E-state index in [0.717, 1.165) is 22.2 Å². The van der Waals surface area contributed by atoms with Crippen LogP contribution >= 0.6 is 0 Å². The number of nitrogens with one attached hydrogen (secondary N) is 2. The van der Waals surface area contributed by atoms with E-state index < -0.39 is 0 Å². The fourth-order valence-electron chi connectivity index (χ4n) is 3.58. The minimum absolute atomic E-state index is 0.0564. The number of aryl methyl sites for hydroxylation is 1. The molecule has 0 saturated carbocycles. The number of para-hydroxylation sites is 1. The summed E-state index contributed by atoms with van der Waals surface area (Å²) in [6.07, 6.45) is 0.353. The van der Waals surface area contributed by atoms with Crippen molar-refractivity contribution in [2.24, 2.45) is 0 Å². The van der Waals surface area contributed by atoms with Gasteiger partial charge in [0.05, 0.1) is 0 Å². The SMILES string of the molecule is CC(=O)Nc1ccc(NC(=O)CCn2c(-c3ccccc3)cc3ccccc32)cc1. The van der Waals surface area contributed by atoms with Gasteiger partial charge in [0.2, 0.25) is 11.8 Å². The van der Waals surface area contributed by atoms with E-state index in [0.29, 0.717) is 24.3 Å². The number of benzene rings is 3. The molecule has 3 aromatic carbocycles. The van der Waals surface area contributed by atoms with Gasteiger partial charge in [0.1, 0.15) is 0 Å². The highest BCUT2D eigenvalue weighted by Gasteiger charge is 2.12. The normalized spacial score (nSPS) is 10.7. The van der Waals surface area contributed by atoms with E-state index in [9.17, 15) is 9.59 Å². The average molecular weight is 397 g/mol. The van der Waals surface area contributed by atoms with Crippen molar-refractivity contribution in [3.8, 4) is 11.3 Å². The molecule has 1 heterocycles. The number of rotatable bonds is 6. The van der Waals surface area contributed by atoms with Crippen molar-refractivity contribution in [3.63, 3.8) is 0 Å². The Hall–Kier alpha value is -3.86. The first-order valence-electron chi connectivity index (χ1n) is 9.91. The van der Waals surface area contributed by atoms with Crippen LogP contribution in [0, 0.1) is 0 Å². The van der Waals surface area contributed by atoms with Crippen LogP contribution in [0.25, 0.3) is 22.2 Å². The average Bonchev–Trinajstić information content (AvgIpc) is 3.12. The first kappa shape index (κ1) is 19.5. The van der Waals surface area contributed by atoms with Gasteiger partial charge in [-0.1, -0.05) is 48.5 Å². The smallest absolute Gasteiger partial charge is 0.226 e. The molecular weight excluding hydrogens is 374 g/mol. The topological polar surface area (TPSA) is 63.1 Å². The number of carbonyl (C=O) groups excluding carboxylic acids is 2. The van der Waals surface area contributed by atoms with E-state index in [1.165, 1.54) is 6.92 Å². The molecule has 30 heavy (non-hydrogen) atoms. The third kappa shape index (κ3) is 4.41. The van der Waals surface area contributed by atoms with Gasteiger partial charge < -0.3 is 15.2 Å². The standard InChI is InChI=1S/C25H23N3O2/c1-18(29)26-21-11-13-22(14-12-21)27-25(30)15-16-28-23-10-6-5-9-20(23)17-24(28)19-7-3-2-4-8-19/h2-14,17H,15-16H2,1H3,(H,26,29)(H,27,30). The fraction of sp³-hybridized carbons (Fsp3) is 0.120. The van der Waals surface area contributed by atoms with Crippen LogP contribution in [0.2, 0.25) is 0 Å². The Labute approximate surface area is 175 Å². The van der Waals surface area contributed by atoms with Gasteiger partial charge in [0.15, 0.2) is 0 Å². The minimum atomic E-state index is -0.125. The number of nitrogens with zero attached hydrogens (tertiary/aromatic N) is 1. The van der Waals surface area contributed by atoms with Crippen LogP contribution in [0.5, 0.6) is 0 Å². The van der Waals surface area contributed by atoms with Crippen molar-refractivity contribution in [2.75, 3.05) is 10.6 Å². The van der Waals surface area contributed by atoms with Crippen LogP contribution in [0.4, 0.5) is 11.4 Å². The zero-order valence-electron chi connectivity index (χ0n) is 16.8. The third-order valence-corrected chi connectivity index (χ3v) is 4.93. The zero-order valence-corrected chi connectivity index (χ0v) is 16.8. The summed E-state index contributed by atoms with van der Waals surface area (Å²) in [6.45, 7) is 2.04. The summed E-state index contributed by atoms with van der Waals surface area (Å²) in [5.74, 6) is -0.181. The molecule has 1 aromatic heterocycles. The molecule has 2 N–H and O–H groups in total. The Morgan fingerprint density at radius 3 is 2.13 bits per heavy atom. The van der Waals surface area contributed by atoms with Gasteiger partial charge in [0, 0.05) is 47.9 Å². The molecule has 0 aliphatic heterocycles. The van der Waals surface area contributed by atoms with Crippen molar-refractivity contribution < 1.29 is 9.59 Å². The second kappa shape index (κ2) is 8.66. The minimum Gasteiger partial charge on any atom is -0.340 e. The van der Waals surface area contributed by atoms with Gasteiger partial charge >= 0.3 is 0 Å². The molecule has 4 aromatic rings. The summed E-state index contributed by atoms with van der Waals surface area (Å²) in [5, 5.41) is 6.80. The van der Waals surface area contributed by atoms with Crippen LogP contribution in [-0.2, 0) is 16.1 Å². The van der Waals surface area contributed by atoms with Crippen molar-refractivity contribution in [1.82, 2.24) is 4.57 Å². The Balaban J connectivity index is 1.49. The molecule has 0 spiro atoms. The number of fused-ring (bicyclic) bond motifs is 1. The van der Waals surface area contributed by atoms with E-state index in [-0.39, 0.29) is 11.8 Å². The molecular formula is C25H23N3O2. The summed E-state index contributed by atoms with van der Waals surface area (Å²) in [6, 6.07) is 27.7. The molecule has 0 saturated heterocycles. The first-order valence-corrected chi connectivity index (χ1v) is 9.91. The van der Waals surface area contributed by atoms with E-state index in [4.69, 9.17) is 0 Å². The molecule has 2 amide bonds. The lowest BCUT2D eigenvalue weighted by atomic mass is 10.1. The predicted octanol–water partition coefficient (Wildman–Crippen LogP) is 5.30. The lowest BCUT2D eigenvalue weighted by molar-refractivity contribution is -0.116. The van der Waals surface area contributed by atoms with E-state index in [2.05, 4.69) is 45.5 Å². The Bertz CT molecular complexity index is 1180.